The normalized spacial score (nSPS) is 11.0. The summed E-state index contributed by atoms with van der Waals surface area (Å²) >= 11 is 1.01. The monoisotopic (exact) mass is 344 g/mol. The standard InChI is InChI=1S/C12H16N4O6S/c1-3-7-6-8(10(23-7)16(20)21)14-11(15-12(19)22-2)13-5-4-9(17)18/h6H,3-5H2,1-2H3,(H,17,18)(H2,13,14,15,19). The van der Waals surface area contributed by atoms with Gasteiger partial charge in [0.25, 0.3) is 0 Å². The number of thiophene rings is 1. The summed E-state index contributed by atoms with van der Waals surface area (Å²) in [7, 11) is 1.15. The fourth-order valence-electron chi connectivity index (χ4n) is 1.48. The smallest absolute Gasteiger partial charge is 0.413 e. The van der Waals surface area contributed by atoms with Crippen LogP contribution in [0.25, 0.3) is 0 Å². The average Bonchev–Trinajstić information content (AvgIpc) is 2.89. The molecule has 1 aromatic rings. The summed E-state index contributed by atoms with van der Waals surface area (Å²) in [5.74, 6) is -1.18. The number of methoxy groups -OCH3 is 1. The van der Waals surface area contributed by atoms with Crippen LogP contribution in [-0.2, 0) is 16.0 Å². The Balaban J connectivity index is 2.99. The van der Waals surface area contributed by atoms with E-state index in [-0.39, 0.29) is 29.6 Å². The van der Waals surface area contributed by atoms with Crippen molar-refractivity contribution in [3.8, 4) is 0 Å². The lowest BCUT2D eigenvalue weighted by Gasteiger charge is -2.09. The Labute approximate surface area is 135 Å². The van der Waals surface area contributed by atoms with E-state index in [2.05, 4.69) is 20.4 Å². The summed E-state index contributed by atoms with van der Waals surface area (Å²) in [6, 6.07) is 1.58. The van der Waals surface area contributed by atoms with E-state index in [0.717, 1.165) is 23.3 Å². The zero-order chi connectivity index (χ0) is 17.4. The molecular formula is C12H16N4O6S. The number of nitrogens with zero attached hydrogens (tertiary/aromatic N) is 2. The lowest BCUT2D eigenvalue weighted by Crippen LogP contribution is -2.36. The quantitative estimate of drug-likeness (QED) is 0.309. The highest BCUT2D eigenvalue weighted by molar-refractivity contribution is 7.16. The van der Waals surface area contributed by atoms with Crippen molar-refractivity contribution in [1.82, 2.24) is 5.32 Å². The first kappa shape index (κ1) is 18.4. The lowest BCUT2D eigenvalue weighted by atomic mass is 10.3. The zero-order valence-corrected chi connectivity index (χ0v) is 13.3. The highest BCUT2D eigenvalue weighted by atomic mass is 32.1. The Hall–Kier alpha value is -2.69. The number of guanidine groups is 1. The molecule has 0 saturated heterocycles. The minimum Gasteiger partial charge on any atom is -0.481 e. The molecule has 0 aliphatic heterocycles. The minimum absolute atomic E-state index is 0.111. The van der Waals surface area contributed by atoms with Crippen LogP contribution >= 0.6 is 11.3 Å². The number of nitro groups is 1. The molecular weight excluding hydrogens is 328 g/mol. The molecule has 0 bridgehead atoms. The third-order valence-electron chi connectivity index (χ3n) is 2.53. The molecule has 0 aromatic carbocycles. The van der Waals surface area contributed by atoms with Crippen molar-refractivity contribution in [2.75, 3.05) is 19.0 Å². The second-order valence-electron chi connectivity index (χ2n) is 4.16. The second-order valence-corrected chi connectivity index (χ2v) is 5.27. The van der Waals surface area contributed by atoms with Crippen molar-refractivity contribution in [3.63, 3.8) is 0 Å². The van der Waals surface area contributed by atoms with Crippen LogP contribution in [-0.4, -0.2) is 41.7 Å². The van der Waals surface area contributed by atoms with Gasteiger partial charge >= 0.3 is 17.1 Å². The number of hydrogen-bond donors (Lipinski definition) is 3. The van der Waals surface area contributed by atoms with Gasteiger partial charge in [0.1, 0.15) is 5.69 Å². The number of carbonyl (C=O) groups is 2. The molecule has 1 amide bonds. The largest absolute Gasteiger partial charge is 0.481 e. The molecule has 0 unspecified atom stereocenters. The number of carbonyl (C=O) groups excluding carboxylic acids is 1. The topological polar surface area (TPSA) is 143 Å². The van der Waals surface area contributed by atoms with E-state index in [4.69, 9.17) is 5.11 Å². The SMILES string of the molecule is CCc1cc(NC(=NCCC(=O)O)NC(=O)OC)c([N+](=O)[O-])s1. The predicted molar refractivity (Wildman–Crippen MR) is 84.1 cm³/mol. The first-order chi connectivity index (χ1) is 10.9. The fraction of sp³-hybridized carbons (Fsp3) is 0.417. The lowest BCUT2D eigenvalue weighted by molar-refractivity contribution is -0.379. The molecule has 3 N–H and O–H groups in total. The van der Waals surface area contributed by atoms with Crippen LogP contribution < -0.4 is 10.6 Å². The number of rotatable bonds is 6. The van der Waals surface area contributed by atoms with Gasteiger partial charge in [0.05, 0.1) is 25.0 Å². The summed E-state index contributed by atoms with van der Waals surface area (Å²) in [6.45, 7) is 1.74. The van der Waals surface area contributed by atoms with E-state index in [1.807, 2.05) is 6.92 Å². The molecule has 0 aliphatic carbocycles. The van der Waals surface area contributed by atoms with E-state index < -0.39 is 17.0 Å². The number of ether oxygens (including phenoxy) is 1. The van der Waals surface area contributed by atoms with Gasteiger partial charge in [-0.3, -0.25) is 25.2 Å². The zero-order valence-electron chi connectivity index (χ0n) is 12.5. The van der Waals surface area contributed by atoms with Crippen LogP contribution in [0.5, 0.6) is 0 Å². The van der Waals surface area contributed by atoms with Crippen molar-refractivity contribution in [3.05, 3.63) is 21.1 Å². The van der Waals surface area contributed by atoms with E-state index in [0.29, 0.717) is 6.42 Å². The average molecular weight is 344 g/mol. The number of carboxylic acids is 1. The van der Waals surface area contributed by atoms with Crippen molar-refractivity contribution in [1.29, 1.82) is 0 Å². The Bertz CT molecular complexity index is 627. The van der Waals surface area contributed by atoms with Crippen molar-refractivity contribution >= 4 is 40.0 Å². The third kappa shape index (κ3) is 5.90. The molecule has 10 nitrogen and oxygen atoms in total. The summed E-state index contributed by atoms with van der Waals surface area (Å²) in [6.07, 6.45) is -0.469. The van der Waals surface area contributed by atoms with Crippen molar-refractivity contribution in [2.45, 2.75) is 19.8 Å². The molecule has 126 valence electrons. The van der Waals surface area contributed by atoms with Crippen LogP contribution in [0, 0.1) is 10.1 Å². The van der Waals surface area contributed by atoms with Gasteiger partial charge in [0.2, 0.25) is 5.96 Å². The molecule has 1 rings (SSSR count). The molecule has 11 heteroatoms. The van der Waals surface area contributed by atoms with Crippen LogP contribution in [0.2, 0.25) is 0 Å². The summed E-state index contributed by atoms with van der Waals surface area (Å²) in [5, 5.41) is 24.4. The van der Waals surface area contributed by atoms with Gasteiger partial charge in [0.15, 0.2) is 0 Å². The maximum atomic E-state index is 11.3. The number of carboxylic acid groups (broad SMARTS) is 1. The number of hydrogen-bond acceptors (Lipinski definition) is 7. The number of anilines is 1. The molecule has 23 heavy (non-hydrogen) atoms. The molecule has 0 spiro atoms. The van der Waals surface area contributed by atoms with E-state index >= 15 is 0 Å². The van der Waals surface area contributed by atoms with Crippen molar-refractivity contribution in [2.24, 2.45) is 4.99 Å². The molecule has 0 fully saturated rings. The Morgan fingerprint density at radius 1 is 1.52 bits per heavy atom. The Morgan fingerprint density at radius 2 is 2.22 bits per heavy atom. The van der Waals surface area contributed by atoms with Gasteiger partial charge in [-0.15, -0.1) is 0 Å². The maximum Gasteiger partial charge on any atom is 0.413 e. The Kier molecular flexibility index (Phi) is 6.93. The molecule has 0 aliphatic rings. The van der Waals surface area contributed by atoms with Crippen LogP contribution in [0.15, 0.2) is 11.1 Å². The minimum atomic E-state index is -1.05. The fourth-order valence-corrected chi connectivity index (χ4v) is 2.34. The van der Waals surface area contributed by atoms with Crippen molar-refractivity contribution < 1.29 is 24.4 Å². The predicted octanol–water partition coefficient (Wildman–Crippen LogP) is 1.82. The van der Waals surface area contributed by atoms with Crippen LogP contribution in [0.4, 0.5) is 15.5 Å². The van der Waals surface area contributed by atoms with Gasteiger partial charge < -0.3 is 15.2 Å². The van der Waals surface area contributed by atoms with E-state index in [1.165, 1.54) is 0 Å². The van der Waals surface area contributed by atoms with Gasteiger partial charge in [0, 0.05) is 4.88 Å². The molecule has 0 atom stereocenters. The van der Waals surface area contributed by atoms with Gasteiger partial charge in [-0.25, -0.2) is 4.79 Å². The van der Waals surface area contributed by atoms with Crippen LogP contribution in [0.3, 0.4) is 0 Å². The highest BCUT2D eigenvalue weighted by Crippen LogP contribution is 2.34. The van der Waals surface area contributed by atoms with Crippen LogP contribution in [0.1, 0.15) is 18.2 Å². The van der Waals surface area contributed by atoms with E-state index in [1.54, 1.807) is 6.07 Å². The van der Waals surface area contributed by atoms with E-state index in [9.17, 15) is 19.7 Å². The molecule has 1 heterocycles. The molecule has 0 saturated carbocycles. The number of nitrogens with one attached hydrogen (secondary N) is 2. The number of aliphatic imine (C=N–C) groups is 1. The first-order valence-electron chi connectivity index (χ1n) is 6.52. The third-order valence-corrected chi connectivity index (χ3v) is 3.76. The number of alkyl carbamates (subject to hydrolysis) is 1. The van der Waals surface area contributed by atoms with Gasteiger partial charge in [-0.1, -0.05) is 18.3 Å². The summed E-state index contributed by atoms with van der Waals surface area (Å²) in [4.78, 5) is 37.0. The Morgan fingerprint density at radius 3 is 2.74 bits per heavy atom. The summed E-state index contributed by atoms with van der Waals surface area (Å²) in [5.41, 5.74) is 0.169. The second kappa shape index (κ2) is 8.68. The number of aryl methyl sites for hydroxylation is 1. The van der Waals surface area contributed by atoms with Gasteiger partial charge in [-0.05, 0) is 12.5 Å². The number of aliphatic carboxylic acids is 1. The van der Waals surface area contributed by atoms with Gasteiger partial charge in [-0.2, -0.15) is 0 Å². The summed E-state index contributed by atoms with van der Waals surface area (Å²) < 4.78 is 4.43. The molecule has 0 radical (unpaired) electrons. The molecule has 1 aromatic heterocycles. The number of amides is 1. The highest BCUT2D eigenvalue weighted by Gasteiger charge is 2.20. The first-order valence-corrected chi connectivity index (χ1v) is 7.34. The maximum absolute atomic E-state index is 11.3.